The average Bonchev–Trinajstić information content (AvgIpc) is 3.48. The maximum Gasteiger partial charge on any atom is 0.303 e. The van der Waals surface area contributed by atoms with Gasteiger partial charge in [0.15, 0.2) is 11.6 Å². The smallest absolute Gasteiger partial charge is 0.303 e. The Bertz CT molecular complexity index is 1720. The molecule has 0 aliphatic carbocycles. The predicted octanol–water partition coefficient (Wildman–Crippen LogP) is 5.37. The third-order valence-electron chi connectivity index (χ3n) is 6.96. The lowest BCUT2D eigenvalue weighted by atomic mass is 10.0. The standard InChI is InChI=1S/C27H23F5N4O4S/c1-14-19(29)10-22(36(14)41(38,39)25-9-16-7-18(28)4-6-24(16)40-25)23(37)5-3-15-8-21(33-13-20(15)30)17-11-34-26(35-12-17)27(2,31)32/h4,6-9,11-14,19,22H,3,5,10H2,1-2H3/t14-,19+,22-/m0/s1. The summed E-state index contributed by atoms with van der Waals surface area (Å²) in [4.78, 5) is 24.4. The highest BCUT2D eigenvalue weighted by molar-refractivity contribution is 7.89. The van der Waals surface area contributed by atoms with Crippen LogP contribution in [0.1, 0.15) is 38.1 Å². The van der Waals surface area contributed by atoms with Crippen molar-refractivity contribution in [1.82, 2.24) is 19.3 Å². The fraction of sp³-hybridized carbons (Fsp3) is 0.333. The molecular formula is C27H23F5N4O4S. The SMILES string of the molecule is C[C@H]1[C@H](F)C[C@@H](C(=O)CCc2cc(-c3cnc(C(C)(F)F)nc3)ncc2F)N1S(=O)(=O)c1cc2cc(F)ccc2o1. The molecule has 0 N–H and O–H groups in total. The van der Waals surface area contributed by atoms with E-state index in [1.807, 2.05) is 0 Å². The summed E-state index contributed by atoms with van der Waals surface area (Å²) in [6, 6.07) is 3.29. The zero-order valence-corrected chi connectivity index (χ0v) is 22.5. The Morgan fingerprint density at radius 2 is 1.80 bits per heavy atom. The number of halogens is 5. The fourth-order valence-electron chi connectivity index (χ4n) is 4.78. The van der Waals surface area contributed by atoms with E-state index in [-0.39, 0.29) is 40.6 Å². The number of fused-ring (bicyclic) bond motifs is 1. The topological polar surface area (TPSA) is 106 Å². The van der Waals surface area contributed by atoms with E-state index in [1.165, 1.54) is 19.1 Å². The van der Waals surface area contributed by atoms with Gasteiger partial charge in [0.05, 0.1) is 24.0 Å². The van der Waals surface area contributed by atoms with Gasteiger partial charge in [-0.25, -0.2) is 31.6 Å². The van der Waals surface area contributed by atoms with Crippen LogP contribution in [0.2, 0.25) is 0 Å². The van der Waals surface area contributed by atoms with Crippen molar-refractivity contribution in [2.24, 2.45) is 0 Å². The van der Waals surface area contributed by atoms with Crippen molar-refractivity contribution in [2.45, 2.75) is 62.4 Å². The van der Waals surface area contributed by atoms with E-state index in [0.717, 1.165) is 41.1 Å². The third-order valence-corrected chi connectivity index (χ3v) is 8.81. The quantitative estimate of drug-likeness (QED) is 0.253. The number of sulfonamides is 1. The third kappa shape index (κ3) is 5.58. The molecule has 216 valence electrons. The van der Waals surface area contributed by atoms with Crippen molar-refractivity contribution in [1.29, 1.82) is 0 Å². The number of aryl methyl sites for hydroxylation is 1. The number of carbonyl (C=O) groups excluding carboxylic acids is 1. The number of benzene rings is 1. The van der Waals surface area contributed by atoms with Crippen LogP contribution in [0.3, 0.4) is 0 Å². The highest BCUT2D eigenvalue weighted by atomic mass is 32.2. The van der Waals surface area contributed by atoms with Gasteiger partial charge in [-0.2, -0.15) is 13.1 Å². The van der Waals surface area contributed by atoms with Gasteiger partial charge in [-0.15, -0.1) is 0 Å². The Kier molecular flexibility index (Phi) is 7.40. The molecule has 0 bridgehead atoms. The number of Topliss-reactive ketones (excluding diaryl/α,β-unsaturated/α-hetero) is 1. The summed E-state index contributed by atoms with van der Waals surface area (Å²) < 4.78 is 103. The molecule has 1 aromatic carbocycles. The first kappa shape index (κ1) is 28.7. The summed E-state index contributed by atoms with van der Waals surface area (Å²) in [5.74, 6) is -5.94. The van der Waals surface area contributed by atoms with E-state index in [4.69, 9.17) is 4.42 Å². The first-order valence-corrected chi connectivity index (χ1v) is 13.9. The molecule has 41 heavy (non-hydrogen) atoms. The van der Waals surface area contributed by atoms with Crippen molar-refractivity contribution >= 4 is 26.8 Å². The van der Waals surface area contributed by atoms with Gasteiger partial charge in [-0.3, -0.25) is 9.78 Å². The number of ketones is 1. The molecule has 0 unspecified atom stereocenters. The lowest BCUT2D eigenvalue weighted by Crippen LogP contribution is -2.44. The Morgan fingerprint density at radius 1 is 1.10 bits per heavy atom. The van der Waals surface area contributed by atoms with Gasteiger partial charge in [0.1, 0.15) is 23.4 Å². The molecule has 3 aromatic heterocycles. The van der Waals surface area contributed by atoms with Gasteiger partial charge < -0.3 is 4.42 Å². The van der Waals surface area contributed by atoms with E-state index >= 15 is 0 Å². The van der Waals surface area contributed by atoms with Gasteiger partial charge in [0.25, 0.3) is 10.0 Å². The number of hydrogen-bond donors (Lipinski definition) is 0. The second-order valence-corrected chi connectivity index (χ2v) is 11.7. The molecule has 4 aromatic rings. The molecule has 3 atom stereocenters. The molecule has 1 saturated heterocycles. The van der Waals surface area contributed by atoms with Crippen LogP contribution in [0.4, 0.5) is 22.0 Å². The first-order valence-electron chi connectivity index (χ1n) is 12.5. The van der Waals surface area contributed by atoms with Crippen molar-refractivity contribution < 1.29 is 39.6 Å². The van der Waals surface area contributed by atoms with Crippen LogP contribution in [0.25, 0.3) is 22.2 Å². The minimum Gasteiger partial charge on any atom is -0.443 e. The average molecular weight is 595 g/mol. The van der Waals surface area contributed by atoms with E-state index in [0.29, 0.717) is 6.92 Å². The van der Waals surface area contributed by atoms with Gasteiger partial charge in [0.2, 0.25) is 5.09 Å². The Hall–Kier alpha value is -3.78. The van der Waals surface area contributed by atoms with Gasteiger partial charge in [-0.05, 0) is 43.2 Å². The summed E-state index contributed by atoms with van der Waals surface area (Å²) in [5.41, 5.74) is 0.552. The molecular weight excluding hydrogens is 571 g/mol. The number of pyridine rings is 1. The molecule has 0 spiro atoms. The Balaban J connectivity index is 1.36. The highest BCUT2D eigenvalue weighted by Crippen LogP contribution is 2.36. The van der Waals surface area contributed by atoms with E-state index in [9.17, 15) is 35.2 Å². The zero-order chi connectivity index (χ0) is 29.7. The molecule has 1 aliphatic heterocycles. The van der Waals surface area contributed by atoms with Gasteiger partial charge in [-0.1, -0.05) is 0 Å². The van der Waals surface area contributed by atoms with Gasteiger partial charge in [0, 0.05) is 49.2 Å². The normalized spacial score (nSPS) is 20.1. The van der Waals surface area contributed by atoms with E-state index in [1.54, 1.807) is 0 Å². The largest absolute Gasteiger partial charge is 0.443 e. The Morgan fingerprint density at radius 3 is 2.49 bits per heavy atom. The minimum atomic E-state index is -4.51. The second kappa shape index (κ2) is 10.6. The molecule has 0 amide bonds. The summed E-state index contributed by atoms with van der Waals surface area (Å²) >= 11 is 0. The minimum absolute atomic E-state index is 0.0461. The predicted molar refractivity (Wildman–Crippen MR) is 136 cm³/mol. The summed E-state index contributed by atoms with van der Waals surface area (Å²) in [7, 11) is -4.51. The highest BCUT2D eigenvalue weighted by Gasteiger charge is 2.49. The monoisotopic (exact) mass is 594 g/mol. The van der Waals surface area contributed by atoms with Crippen molar-refractivity contribution in [3.63, 3.8) is 0 Å². The number of nitrogens with zero attached hydrogens (tertiary/aromatic N) is 4. The molecule has 0 saturated carbocycles. The number of carbonyl (C=O) groups is 1. The van der Waals surface area contributed by atoms with E-state index < -0.39 is 69.0 Å². The molecule has 14 heteroatoms. The van der Waals surface area contributed by atoms with Crippen molar-refractivity contribution in [3.8, 4) is 11.3 Å². The maximum atomic E-state index is 14.8. The van der Waals surface area contributed by atoms with Crippen LogP contribution in [-0.2, 0) is 27.2 Å². The molecule has 5 rings (SSSR count). The molecule has 8 nitrogen and oxygen atoms in total. The number of aromatic nitrogens is 3. The van der Waals surface area contributed by atoms with Crippen LogP contribution < -0.4 is 0 Å². The molecule has 1 fully saturated rings. The fourth-order valence-corrected chi connectivity index (χ4v) is 6.57. The first-order chi connectivity index (χ1) is 19.3. The number of furan rings is 1. The summed E-state index contributed by atoms with van der Waals surface area (Å²) in [5, 5.41) is -0.377. The van der Waals surface area contributed by atoms with Crippen molar-refractivity contribution in [2.75, 3.05) is 0 Å². The zero-order valence-electron chi connectivity index (χ0n) is 21.7. The lowest BCUT2D eigenvalue weighted by Gasteiger charge is -2.25. The second-order valence-electron chi connectivity index (χ2n) is 9.90. The van der Waals surface area contributed by atoms with Crippen LogP contribution in [-0.4, -0.2) is 51.7 Å². The van der Waals surface area contributed by atoms with Crippen LogP contribution in [0, 0.1) is 11.6 Å². The number of alkyl halides is 3. The van der Waals surface area contributed by atoms with Crippen molar-refractivity contribution in [3.05, 3.63) is 71.9 Å². The number of rotatable bonds is 8. The maximum absolute atomic E-state index is 14.8. The van der Waals surface area contributed by atoms with E-state index in [2.05, 4.69) is 15.0 Å². The summed E-state index contributed by atoms with van der Waals surface area (Å²) in [6.07, 6.45) is 0.572. The molecule has 4 heterocycles. The van der Waals surface area contributed by atoms with Gasteiger partial charge >= 0.3 is 5.92 Å². The lowest BCUT2D eigenvalue weighted by molar-refractivity contribution is -0.122. The van der Waals surface area contributed by atoms with Crippen LogP contribution >= 0.6 is 0 Å². The van der Waals surface area contributed by atoms with Crippen LogP contribution in [0.5, 0.6) is 0 Å². The summed E-state index contributed by atoms with van der Waals surface area (Å²) in [6.45, 7) is 1.97. The van der Waals surface area contributed by atoms with Crippen LogP contribution in [0.15, 0.2) is 58.4 Å². The number of hydrogen-bond acceptors (Lipinski definition) is 7. The Labute approximate surface area is 231 Å². The molecule has 0 radical (unpaired) electrons. The molecule has 1 aliphatic rings.